The molecule has 1 fully saturated rings. The molecule has 9 heteroatoms. The van der Waals surface area contributed by atoms with Crippen LogP contribution in [0.5, 0.6) is 0 Å². The van der Waals surface area contributed by atoms with E-state index in [1.807, 2.05) is 0 Å². The Bertz CT molecular complexity index is 1510. The van der Waals surface area contributed by atoms with Gasteiger partial charge < -0.3 is 19.7 Å². The van der Waals surface area contributed by atoms with Gasteiger partial charge in [0.25, 0.3) is 0 Å². The van der Waals surface area contributed by atoms with Gasteiger partial charge in [0.05, 0.1) is 33.9 Å². The number of aromatic carboxylic acids is 1. The predicted molar refractivity (Wildman–Crippen MR) is 123 cm³/mol. The van der Waals surface area contributed by atoms with Crippen molar-refractivity contribution in [2.45, 2.75) is 18.4 Å². The largest absolute Gasteiger partial charge is 0.477 e. The standard InChI is InChI=1S/C25H21F2N3O4/c1-29-13-17(24(32)33)23(31)22-16-10-20(18(27)11-19(16)28-12-21(22)29)30-8-6-25(34,7-9-30)14-2-4-15(26)5-3-14/h2-5,10-13,34H,6-9H2,1H3,(H,32,33). The van der Waals surface area contributed by atoms with Gasteiger partial charge in [-0.25, -0.2) is 13.6 Å². The summed E-state index contributed by atoms with van der Waals surface area (Å²) in [5.41, 5.74) is -0.667. The van der Waals surface area contributed by atoms with Crippen LogP contribution in [0.15, 0.2) is 53.6 Å². The molecule has 1 aliphatic rings. The summed E-state index contributed by atoms with van der Waals surface area (Å²) in [6.45, 7) is 0.653. The second-order valence-electron chi connectivity index (χ2n) is 8.65. The molecular formula is C25H21F2N3O4. The first-order valence-electron chi connectivity index (χ1n) is 10.8. The molecule has 2 N–H and O–H groups in total. The second kappa shape index (κ2) is 7.88. The van der Waals surface area contributed by atoms with E-state index in [9.17, 15) is 24.2 Å². The van der Waals surface area contributed by atoms with Crippen LogP contribution in [0.3, 0.4) is 0 Å². The first-order valence-corrected chi connectivity index (χ1v) is 10.8. The Kier molecular flexibility index (Phi) is 5.09. The maximum atomic E-state index is 15.1. The highest BCUT2D eigenvalue weighted by Gasteiger charge is 2.35. The number of hydrogen-bond donors (Lipinski definition) is 2. The van der Waals surface area contributed by atoms with Crippen molar-refractivity contribution >= 4 is 33.5 Å². The van der Waals surface area contributed by atoms with Gasteiger partial charge in [0.15, 0.2) is 0 Å². The number of benzene rings is 2. The molecule has 3 heterocycles. The highest BCUT2D eigenvalue weighted by molar-refractivity contribution is 6.07. The zero-order chi connectivity index (χ0) is 24.2. The van der Waals surface area contributed by atoms with Crippen molar-refractivity contribution in [1.82, 2.24) is 9.55 Å². The Morgan fingerprint density at radius 2 is 1.79 bits per heavy atom. The van der Waals surface area contributed by atoms with Crippen LogP contribution in [-0.4, -0.2) is 38.8 Å². The summed E-state index contributed by atoms with van der Waals surface area (Å²) in [5, 5.41) is 21.0. The number of piperidine rings is 1. The Hall–Kier alpha value is -3.85. The fourth-order valence-corrected chi connectivity index (χ4v) is 4.72. The van der Waals surface area contributed by atoms with Crippen molar-refractivity contribution < 1.29 is 23.8 Å². The molecule has 0 radical (unpaired) electrons. The van der Waals surface area contributed by atoms with Crippen molar-refractivity contribution in [2.75, 3.05) is 18.0 Å². The molecule has 1 aliphatic heterocycles. The molecule has 4 aromatic rings. The van der Waals surface area contributed by atoms with Crippen molar-refractivity contribution in [3.63, 3.8) is 0 Å². The van der Waals surface area contributed by atoms with Gasteiger partial charge in [-0.2, -0.15) is 0 Å². The average molecular weight is 465 g/mol. The number of aryl methyl sites for hydroxylation is 1. The van der Waals surface area contributed by atoms with Crippen LogP contribution in [0.1, 0.15) is 28.8 Å². The smallest absolute Gasteiger partial charge is 0.341 e. The van der Waals surface area contributed by atoms with Crippen LogP contribution in [-0.2, 0) is 12.6 Å². The van der Waals surface area contributed by atoms with Crippen LogP contribution < -0.4 is 10.3 Å². The van der Waals surface area contributed by atoms with E-state index in [2.05, 4.69) is 4.98 Å². The van der Waals surface area contributed by atoms with Gasteiger partial charge in [-0.3, -0.25) is 9.78 Å². The van der Waals surface area contributed by atoms with E-state index < -0.39 is 22.8 Å². The second-order valence-corrected chi connectivity index (χ2v) is 8.65. The van der Waals surface area contributed by atoms with E-state index in [1.165, 1.54) is 41.2 Å². The Balaban J connectivity index is 1.57. The van der Waals surface area contributed by atoms with Gasteiger partial charge in [-0.1, -0.05) is 12.1 Å². The normalized spacial score (nSPS) is 15.7. The minimum Gasteiger partial charge on any atom is -0.477 e. The number of carboxylic acids is 1. The predicted octanol–water partition coefficient (Wildman–Crippen LogP) is 3.55. The first kappa shape index (κ1) is 22.0. The molecule has 1 saturated heterocycles. The van der Waals surface area contributed by atoms with E-state index in [-0.39, 0.29) is 28.0 Å². The maximum absolute atomic E-state index is 15.1. The molecule has 174 valence electrons. The SMILES string of the molecule is Cn1cc(C(=O)O)c(=O)c2c3cc(N4CCC(O)(c5ccc(F)cc5)CC4)c(F)cc3ncc21. The average Bonchev–Trinajstić information content (AvgIpc) is 2.81. The molecular weight excluding hydrogens is 444 g/mol. The number of anilines is 1. The maximum Gasteiger partial charge on any atom is 0.341 e. The quantitative estimate of drug-likeness (QED) is 0.450. The monoisotopic (exact) mass is 465 g/mol. The van der Waals surface area contributed by atoms with Gasteiger partial charge in [0.1, 0.15) is 17.2 Å². The number of hydrogen-bond acceptors (Lipinski definition) is 5. The van der Waals surface area contributed by atoms with Crippen LogP contribution >= 0.6 is 0 Å². The molecule has 0 amide bonds. The lowest BCUT2D eigenvalue weighted by molar-refractivity contribution is 0.0116. The van der Waals surface area contributed by atoms with Crippen molar-refractivity contribution in [2.24, 2.45) is 7.05 Å². The summed E-state index contributed by atoms with van der Waals surface area (Å²) in [6.07, 6.45) is 3.27. The van der Waals surface area contributed by atoms with Gasteiger partial charge in [-0.05, 0) is 36.6 Å². The molecule has 34 heavy (non-hydrogen) atoms. The number of carbonyl (C=O) groups is 1. The van der Waals surface area contributed by atoms with E-state index in [0.717, 1.165) is 0 Å². The molecule has 0 spiro atoms. The van der Waals surface area contributed by atoms with E-state index in [4.69, 9.17) is 0 Å². The third-order valence-electron chi connectivity index (χ3n) is 6.63. The number of pyridine rings is 2. The summed E-state index contributed by atoms with van der Waals surface area (Å²) in [5.74, 6) is -2.26. The molecule has 0 unspecified atom stereocenters. The van der Waals surface area contributed by atoms with Crippen LogP contribution in [0.2, 0.25) is 0 Å². The fourth-order valence-electron chi connectivity index (χ4n) is 4.72. The van der Waals surface area contributed by atoms with Crippen molar-refractivity contribution in [3.05, 3.63) is 81.8 Å². The Morgan fingerprint density at radius 3 is 2.44 bits per heavy atom. The molecule has 2 aromatic carbocycles. The van der Waals surface area contributed by atoms with Crippen molar-refractivity contribution in [1.29, 1.82) is 0 Å². The number of aromatic nitrogens is 2. The van der Waals surface area contributed by atoms with Gasteiger partial charge >= 0.3 is 5.97 Å². The lowest BCUT2D eigenvalue weighted by Crippen LogP contribution is -2.43. The lowest BCUT2D eigenvalue weighted by atomic mass is 9.84. The molecule has 7 nitrogen and oxygen atoms in total. The highest BCUT2D eigenvalue weighted by Crippen LogP contribution is 2.36. The van der Waals surface area contributed by atoms with Crippen LogP contribution in [0.4, 0.5) is 14.5 Å². The Labute approximate surface area is 192 Å². The molecule has 2 aromatic heterocycles. The highest BCUT2D eigenvalue weighted by atomic mass is 19.1. The summed E-state index contributed by atoms with van der Waals surface area (Å²) < 4.78 is 29.9. The summed E-state index contributed by atoms with van der Waals surface area (Å²) >= 11 is 0. The third-order valence-corrected chi connectivity index (χ3v) is 6.63. The molecule has 0 atom stereocenters. The summed E-state index contributed by atoms with van der Waals surface area (Å²) in [7, 11) is 1.62. The number of aliphatic hydroxyl groups is 1. The minimum absolute atomic E-state index is 0.161. The van der Waals surface area contributed by atoms with Crippen LogP contribution in [0, 0.1) is 11.6 Å². The molecule has 0 aliphatic carbocycles. The molecule has 0 saturated carbocycles. The zero-order valence-corrected chi connectivity index (χ0v) is 18.3. The summed E-state index contributed by atoms with van der Waals surface area (Å²) in [6, 6.07) is 8.46. The first-order chi connectivity index (χ1) is 16.2. The third kappa shape index (κ3) is 3.49. The number of carboxylic acid groups (broad SMARTS) is 1. The van der Waals surface area contributed by atoms with Crippen molar-refractivity contribution in [3.8, 4) is 0 Å². The Morgan fingerprint density at radius 1 is 1.12 bits per heavy atom. The molecule has 5 rings (SSSR count). The van der Waals surface area contributed by atoms with Gasteiger partial charge in [-0.15, -0.1) is 0 Å². The number of fused-ring (bicyclic) bond motifs is 3. The van der Waals surface area contributed by atoms with E-state index in [1.54, 1.807) is 24.1 Å². The number of nitrogens with zero attached hydrogens (tertiary/aromatic N) is 3. The fraction of sp³-hybridized carbons (Fsp3) is 0.240. The van der Waals surface area contributed by atoms with E-state index in [0.29, 0.717) is 42.4 Å². The van der Waals surface area contributed by atoms with Gasteiger partial charge in [0.2, 0.25) is 5.43 Å². The number of rotatable bonds is 3. The van der Waals surface area contributed by atoms with E-state index >= 15 is 4.39 Å². The number of halogens is 2. The van der Waals surface area contributed by atoms with Crippen LogP contribution in [0.25, 0.3) is 21.8 Å². The summed E-state index contributed by atoms with van der Waals surface area (Å²) in [4.78, 5) is 30.6. The molecule has 0 bridgehead atoms. The minimum atomic E-state index is -1.34. The topological polar surface area (TPSA) is 95.7 Å². The van der Waals surface area contributed by atoms with Gasteiger partial charge in [0, 0.05) is 37.8 Å². The zero-order valence-electron chi connectivity index (χ0n) is 18.3. The lowest BCUT2D eigenvalue weighted by Gasteiger charge is -2.39.